The van der Waals surface area contributed by atoms with E-state index in [1.807, 2.05) is 37.1 Å². The minimum atomic E-state index is -0.638. The summed E-state index contributed by atoms with van der Waals surface area (Å²) in [6, 6.07) is -0.955. The Hall–Kier alpha value is -0.685. The van der Waals surface area contributed by atoms with Crippen LogP contribution < -0.4 is 0 Å². The maximum atomic E-state index is 5.93. The van der Waals surface area contributed by atoms with Crippen molar-refractivity contribution in [1.29, 1.82) is 0 Å². The summed E-state index contributed by atoms with van der Waals surface area (Å²) in [6.07, 6.45) is 1.45. The Labute approximate surface area is 432 Å². The molecule has 0 amide bonds. The topological polar surface area (TPSA) is 151 Å². The number of morpholine rings is 1. The van der Waals surface area contributed by atoms with Crippen LogP contribution in [0.4, 0.5) is 0 Å². The third-order valence-electron chi connectivity index (χ3n) is 16.9. The molecule has 2 saturated carbocycles. The smallest absolute Gasteiger partial charge is 0.198 e. The molecule has 7 unspecified atom stereocenters. The molecule has 0 aromatic carbocycles. The van der Waals surface area contributed by atoms with Crippen LogP contribution in [0.5, 0.6) is 0 Å². The van der Waals surface area contributed by atoms with Crippen LogP contribution in [-0.4, -0.2) is 282 Å². The molecule has 11 rings (SSSR count). The van der Waals surface area contributed by atoms with E-state index in [0.717, 1.165) is 18.4 Å². The van der Waals surface area contributed by atoms with Gasteiger partial charge in [0, 0.05) is 92.5 Å². The maximum Gasteiger partial charge on any atom is 0.198 e. The van der Waals surface area contributed by atoms with E-state index < -0.39 is 28.4 Å². The van der Waals surface area contributed by atoms with Crippen molar-refractivity contribution in [2.75, 3.05) is 104 Å². The van der Waals surface area contributed by atoms with Crippen molar-refractivity contribution in [2.24, 2.45) is 11.8 Å². The molecule has 390 valence electrons. The molecule has 10 fully saturated rings. The number of hydrogen-bond donors (Lipinski definition) is 0. The van der Waals surface area contributed by atoms with Crippen molar-refractivity contribution >= 4 is 62.2 Å². The van der Waals surface area contributed by atoms with Crippen LogP contribution in [0.25, 0.3) is 0 Å². The van der Waals surface area contributed by atoms with E-state index in [2.05, 4.69) is 27.1 Å². The number of ether oxygens (including phenoxy) is 16. The molecule has 0 spiro atoms. The third kappa shape index (κ3) is 9.35. The van der Waals surface area contributed by atoms with Crippen LogP contribution in [0, 0.1) is 11.8 Å². The summed E-state index contributed by atoms with van der Waals surface area (Å²) in [5.41, 5.74) is 0.179. The van der Waals surface area contributed by atoms with Gasteiger partial charge < -0.3 is 61.6 Å². The van der Waals surface area contributed by atoms with Crippen molar-refractivity contribution in [1.82, 2.24) is 0 Å². The van der Waals surface area contributed by atoms with E-state index in [0.29, 0.717) is 50.1 Å². The molecule has 8 radical (unpaired) electrons. The first kappa shape index (κ1) is 58.0. The molecular weight excluding hydrogens is 933 g/mol. The SMILES string of the molecule is COC[C@]12CC3=B[C@H](O1)[C@H]3C2OC.[B][C@@H]1O[C@@]2(COC)C(C)S[C@H]1C2OC.[B][C@@H]1O[C@@]2(COC)CC(=C)[C@H]1C2OC.[B][C@@H]1O[C@@]2(COC)C[N+](=C)[C@H]1C2OC.[B][C@@H]1O[C@]2(C(C)OC)C(OC)[C@@H]1OC2(C)C. The molecular formula is C48H77B5NO16S+. The van der Waals surface area contributed by atoms with Crippen LogP contribution in [0.3, 0.4) is 0 Å². The van der Waals surface area contributed by atoms with E-state index in [-0.39, 0.29) is 89.1 Å². The molecule has 9 aliphatic heterocycles. The summed E-state index contributed by atoms with van der Waals surface area (Å²) >= 11 is 1.84. The van der Waals surface area contributed by atoms with Gasteiger partial charge in [-0.1, -0.05) is 19.1 Å². The quantitative estimate of drug-likeness (QED) is 0.123. The van der Waals surface area contributed by atoms with Crippen molar-refractivity contribution in [3.63, 3.8) is 0 Å². The first-order valence-electron chi connectivity index (χ1n) is 24.5. The van der Waals surface area contributed by atoms with Gasteiger partial charge in [0.15, 0.2) is 29.9 Å². The molecule has 17 nitrogen and oxygen atoms in total. The van der Waals surface area contributed by atoms with Crippen LogP contribution in [0.15, 0.2) is 12.2 Å². The predicted molar refractivity (Wildman–Crippen MR) is 271 cm³/mol. The molecule has 0 aromatic heterocycles. The van der Waals surface area contributed by atoms with Crippen LogP contribution in [0.1, 0.15) is 40.5 Å². The number of nitrogens with zero attached hydrogens (tertiary/aromatic N) is 1. The summed E-state index contributed by atoms with van der Waals surface area (Å²) in [4.78, 5) is 0. The van der Waals surface area contributed by atoms with Gasteiger partial charge in [0.05, 0.1) is 48.9 Å². The average Bonchev–Trinajstić information content (AvgIpc) is 4.20. The second kappa shape index (κ2) is 22.3. The average molecular weight is 1010 g/mol. The summed E-state index contributed by atoms with van der Waals surface area (Å²) in [7, 11) is 40.4. The Morgan fingerprint density at radius 2 is 1.20 bits per heavy atom. The Morgan fingerprint density at radius 3 is 1.70 bits per heavy atom. The van der Waals surface area contributed by atoms with Gasteiger partial charge in [-0.3, -0.25) is 0 Å². The minimum absolute atomic E-state index is 0.00931. The Kier molecular flexibility index (Phi) is 18.3. The van der Waals surface area contributed by atoms with Gasteiger partial charge in [-0.05, 0) is 20.8 Å². The molecule has 22 atom stereocenters. The van der Waals surface area contributed by atoms with E-state index in [9.17, 15) is 0 Å². The fourth-order valence-corrected chi connectivity index (χ4v) is 15.7. The molecule has 9 heterocycles. The zero-order valence-electron chi connectivity index (χ0n) is 44.5. The zero-order valence-corrected chi connectivity index (χ0v) is 45.3. The van der Waals surface area contributed by atoms with Gasteiger partial charge in [0.2, 0.25) is 0 Å². The normalized spacial score (nSPS) is 48.1. The molecule has 11 aliphatic rings. The Bertz CT molecular complexity index is 1870. The van der Waals surface area contributed by atoms with Gasteiger partial charge in [0.1, 0.15) is 67.6 Å². The summed E-state index contributed by atoms with van der Waals surface area (Å²) in [6.45, 7) is 21.1. The molecule has 23 heteroatoms. The predicted octanol–water partition coefficient (Wildman–Crippen LogP) is 0.0398. The minimum Gasteiger partial charge on any atom is -0.382 e. The maximum absolute atomic E-state index is 5.93. The Balaban J connectivity index is 0.000000131. The summed E-state index contributed by atoms with van der Waals surface area (Å²) in [5.74, 6) is 0.648. The van der Waals surface area contributed by atoms with E-state index in [4.69, 9.17) is 107 Å². The van der Waals surface area contributed by atoms with Crippen LogP contribution in [-0.2, 0) is 75.8 Å². The Morgan fingerprint density at radius 1 is 0.648 bits per heavy atom. The fourth-order valence-electron chi connectivity index (χ4n) is 14.1. The number of rotatable bonds is 15. The first-order chi connectivity index (χ1) is 33.6. The summed E-state index contributed by atoms with van der Waals surface area (Å²) in [5, 5.41) is 0.613. The standard InChI is InChI=1S/C11H19BO4.C10H15BO3.C9H15BNO3.C9H15BO3S.C9H13BO3/c1-6(13-4)11-8(14-5)7(9(12)16-11)15-10(11,2)3;1-6-4-10(5-12-2)8(13-3)7(6)9(11)14-10;1-11-4-9(5-12-2)7(13-3)6(11)8(10)14-9;1-5-9(4-11-2)7(12-3)6(14-5)8(10)13-9;1-11-4-9-3-5-6(7(9)12-2)8(10-5)13-9/h6-9H,1-5H3;7-9H,1,4-5H2,2-3H3;6-8H,1,4-5H2,2-3H3;5-8H,4H2,1-3H3;6-8H,3-4H2,1-2H3/q;;+1;;/t6?,7-,8?,9+,11+;7-,8?,9+,10+;6-,7?,8+,9+;5?,6-,7?,8+,9-;6-,7?,8-,9+/m00001/s1. The first-order valence-corrected chi connectivity index (χ1v) is 25.4. The van der Waals surface area contributed by atoms with Gasteiger partial charge in [-0.2, -0.15) is 0 Å². The third-order valence-corrected chi connectivity index (χ3v) is 18.5. The van der Waals surface area contributed by atoms with Gasteiger partial charge in [-0.25, -0.2) is 4.58 Å². The van der Waals surface area contributed by atoms with Gasteiger partial charge in [-0.15, -0.1) is 11.8 Å². The van der Waals surface area contributed by atoms with Crippen LogP contribution in [0.2, 0.25) is 0 Å². The second-order valence-corrected chi connectivity index (χ2v) is 22.6. The van der Waals surface area contributed by atoms with E-state index >= 15 is 0 Å². The molecule has 0 N–H and O–H groups in total. The zero-order chi connectivity index (χ0) is 52.2. The largest absolute Gasteiger partial charge is 0.382 e. The number of thioether (sulfide) groups is 1. The molecule has 10 bridgehead atoms. The van der Waals surface area contributed by atoms with E-state index in [1.54, 1.807) is 71.1 Å². The fraction of sp³-hybridized carbons (Fsp3) is 0.917. The number of fused-ring (bicyclic) bond motifs is 9. The van der Waals surface area contributed by atoms with Crippen molar-refractivity contribution in [3.05, 3.63) is 12.2 Å². The van der Waals surface area contributed by atoms with Gasteiger partial charge >= 0.3 is 77.5 Å². The molecule has 0 aromatic rings. The van der Waals surface area contributed by atoms with Crippen molar-refractivity contribution in [2.45, 2.75) is 163 Å². The molecule has 8 saturated heterocycles. The molecule has 2 aliphatic carbocycles. The number of methoxy groups -OCH3 is 10. The van der Waals surface area contributed by atoms with Crippen LogP contribution >= 0.6 is 11.8 Å². The van der Waals surface area contributed by atoms with Gasteiger partial charge in [0.25, 0.3) is 0 Å². The van der Waals surface area contributed by atoms with Crippen molar-refractivity contribution < 1.29 is 80.4 Å². The van der Waals surface area contributed by atoms with E-state index in [1.165, 1.54) is 5.46 Å². The monoisotopic (exact) mass is 1010 g/mol. The van der Waals surface area contributed by atoms with Crippen molar-refractivity contribution in [3.8, 4) is 0 Å². The molecule has 71 heavy (non-hydrogen) atoms. The summed E-state index contributed by atoms with van der Waals surface area (Å²) < 4.78 is 90.6. The number of hydrogen-bond acceptors (Lipinski definition) is 17. The second-order valence-electron chi connectivity index (χ2n) is 21.1.